The van der Waals surface area contributed by atoms with Crippen LogP contribution < -0.4 is 9.47 Å². The van der Waals surface area contributed by atoms with E-state index in [1.54, 1.807) is 58.9 Å². The van der Waals surface area contributed by atoms with Gasteiger partial charge in [0, 0.05) is 29.5 Å². The third kappa shape index (κ3) is 3.46. The molecule has 9 nitrogen and oxygen atoms in total. The van der Waals surface area contributed by atoms with Gasteiger partial charge in [0.15, 0.2) is 5.75 Å². The van der Waals surface area contributed by atoms with Crippen molar-refractivity contribution < 1.29 is 14.6 Å². The average Bonchev–Trinajstić information content (AvgIpc) is 3.54. The standard InChI is InChI=1S/C21H18N6O3S/c1-29-19-5-13(6-22-20(19)30-2)17-4-3-16-18(25-17)10-27(21(16)28)15-7-24-26(9-15)8-14-11-31-12-23-14/h3-7,9-12,28H,8H2,1-2H3. The number of fused-ring (bicyclic) bond motifs is 1. The first-order valence-electron chi connectivity index (χ1n) is 9.35. The van der Waals surface area contributed by atoms with Gasteiger partial charge in [-0.2, -0.15) is 5.10 Å². The third-order valence-corrected chi connectivity index (χ3v) is 5.51. The van der Waals surface area contributed by atoms with Crippen molar-refractivity contribution in [3.05, 3.63) is 59.6 Å². The fourth-order valence-electron chi connectivity index (χ4n) is 3.35. The van der Waals surface area contributed by atoms with Crippen LogP contribution in [0, 0.1) is 0 Å². The molecule has 0 bridgehead atoms. The number of rotatable bonds is 6. The van der Waals surface area contributed by atoms with Crippen LogP contribution in [0.4, 0.5) is 0 Å². The van der Waals surface area contributed by atoms with E-state index in [1.807, 2.05) is 29.8 Å². The Labute approximate surface area is 181 Å². The molecule has 10 heteroatoms. The molecule has 156 valence electrons. The Morgan fingerprint density at radius 1 is 1.10 bits per heavy atom. The molecule has 5 rings (SSSR count). The minimum absolute atomic E-state index is 0.104. The zero-order valence-corrected chi connectivity index (χ0v) is 17.6. The SMILES string of the molecule is COc1cc(-c2ccc3c(O)n(-c4cnn(Cc5cscn5)c4)cc3n2)cnc1OC. The van der Waals surface area contributed by atoms with E-state index in [2.05, 4.69) is 15.1 Å². The second-order valence-electron chi connectivity index (χ2n) is 6.76. The first-order valence-corrected chi connectivity index (χ1v) is 10.3. The third-order valence-electron chi connectivity index (χ3n) is 4.88. The van der Waals surface area contributed by atoms with Gasteiger partial charge in [-0.15, -0.1) is 11.3 Å². The summed E-state index contributed by atoms with van der Waals surface area (Å²) in [7, 11) is 3.10. The van der Waals surface area contributed by atoms with Crippen LogP contribution in [-0.4, -0.2) is 48.6 Å². The number of hydrogen-bond acceptors (Lipinski definition) is 8. The summed E-state index contributed by atoms with van der Waals surface area (Å²) in [5.41, 5.74) is 5.61. The lowest BCUT2D eigenvalue weighted by atomic mass is 10.1. The molecule has 0 aliphatic heterocycles. The van der Waals surface area contributed by atoms with Crippen LogP contribution in [0.25, 0.3) is 27.8 Å². The van der Waals surface area contributed by atoms with Gasteiger partial charge in [-0.3, -0.25) is 9.25 Å². The molecule has 0 aliphatic carbocycles. The normalized spacial score (nSPS) is 11.2. The minimum Gasteiger partial charge on any atom is -0.494 e. The maximum absolute atomic E-state index is 10.7. The first kappa shape index (κ1) is 19.1. The van der Waals surface area contributed by atoms with Crippen molar-refractivity contribution in [2.24, 2.45) is 0 Å². The van der Waals surface area contributed by atoms with Crippen molar-refractivity contribution in [1.82, 2.24) is 29.3 Å². The maximum Gasteiger partial charge on any atom is 0.256 e. The fraction of sp³-hybridized carbons (Fsp3) is 0.143. The van der Waals surface area contributed by atoms with Crippen molar-refractivity contribution in [2.75, 3.05) is 14.2 Å². The fourth-order valence-corrected chi connectivity index (χ4v) is 3.90. The number of pyridine rings is 2. The number of aromatic hydroxyl groups is 1. The summed E-state index contributed by atoms with van der Waals surface area (Å²) in [6.45, 7) is 0.569. The second-order valence-corrected chi connectivity index (χ2v) is 7.48. The van der Waals surface area contributed by atoms with Gasteiger partial charge in [0.05, 0.1) is 60.4 Å². The van der Waals surface area contributed by atoms with Gasteiger partial charge in [-0.1, -0.05) is 0 Å². The Morgan fingerprint density at radius 2 is 2.00 bits per heavy atom. The molecule has 5 heterocycles. The van der Waals surface area contributed by atoms with Crippen LogP contribution in [-0.2, 0) is 6.54 Å². The topological polar surface area (TPSA) is 100 Å². The zero-order valence-electron chi connectivity index (χ0n) is 16.8. The van der Waals surface area contributed by atoms with Crippen molar-refractivity contribution in [3.8, 4) is 34.5 Å². The van der Waals surface area contributed by atoms with Gasteiger partial charge in [0.1, 0.15) is 0 Å². The Bertz CT molecular complexity index is 1360. The highest BCUT2D eigenvalue weighted by molar-refractivity contribution is 7.07. The summed E-state index contributed by atoms with van der Waals surface area (Å²) in [5.74, 6) is 1.04. The molecule has 0 spiro atoms. The highest BCUT2D eigenvalue weighted by Gasteiger charge is 2.15. The molecule has 0 aromatic carbocycles. The largest absolute Gasteiger partial charge is 0.494 e. The van der Waals surface area contributed by atoms with Crippen LogP contribution in [0.3, 0.4) is 0 Å². The molecule has 0 fully saturated rings. The second kappa shape index (κ2) is 7.73. The number of methoxy groups -OCH3 is 2. The van der Waals surface area contributed by atoms with Crippen LogP contribution in [0.2, 0.25) is 0 Å². The first-order chi connectivity index (χ1) is 15.2. The molecule has 0 atom stereocenters. The van der Waals surface area contributed by atoms with Gasteiger partial charge in [-0.05, 0) is 18.2 Å². The highest BCUT2D eigenvalue weighted by Crippen LogP contribution is 2.33. The summed E-state index contributed by atoms with van der Waals surface area (Å²) in [5, 5.41) is 17.7. The number of hydrogen-bond donors (Lipinski definition) is 1. The summed E-state index contributed by atoms with van der Waals surface area (Å²) < 4.78 is 14.0. The lowest BCUT2D eigenvalue weighted by molar-refractivity contribution is 0.343. The molecular weight excluding hydrogens is 416 g/mol. The lowest BCUT2D eigenvalue weighted by Gasteiger charge is -2.08. The van der Waals surface area contributed by atoms with E-state index in [1.165, 1.54) is 0 Å². The lowest BCUT2D eigenvalue weighted by Crippen LogP contribution is -1.99. The van der Waals surface area contributed by atoms with Gasteiger partial charge < -0.3 is 14.6 Å². The Hall–Kier alpha value is -3.92. The summed E-state index contributed by atoms with van der Waals surface area (Å²) in [4.78, 5) is 13.2. The Morgan fingerprint density at radius 3 is 2.77 bits per heavy atom. The number of nitrogens with zero attached hydrogens (tertiary/aromatic N) is 6. The molecule has 1 N–H and O–H groups in total. The summed E-state index contributed by atoms with van der Waals surface area (Å²) in [6, 6.07) is 5.49. The maximum atomic E-state index is 10.7. The number of ether oxygens (including phenoxy) is 2. The predicted molar refractivity (Wildman–Crippen MR) is 116 cm³/mol. The van der Waals surface area contributed by atoms with Gasteiger partial charge >= 0.3 is 0 Å². The van der Waals surface area contributed by atoms with Crippen LogP contribution in [0.5, 0.6) is 17.5 Å². The molecule has 5 aromatic heterocycles. The van der Waals surface area contributed by atoms with Crippen molar-refractivity contribution >= 4 is 22.2 Å². The van der Waals surface area contributed by atoms with Crippen molar-refractivity contribution in [2.45, 2.75) is 6.54 Å². The highest BCUT2D eigenvalue weighted by atomic mass is 32.1. The number of thiazole rings is 1. The van der Waals surface area contributed by atoms with Crippen molar-refractivity contribution in [3.63, 3.8) is 0 Å². The predicted octanol–water partition coefficient (Wildman–Crippen LogP) is 3.51. The molecule has 0 saturated heterocycles. The summed E-state index contributed by atoms with van der Waals surface area (Å²) >= 11 is 1.55. The Balaban J connectivity index is 1.50. The average molecular weight is 434 g/mol. The smallest absolute Gasteiger partial charge is 0.256 e. The van der Waals surface area contributed by atoms with E-state index in [9.17, 15) is 5.11 Å². The zero-order chi connectivity index (χ0) is 21.4. The van der Waals surface area contributed by atoms with E-state index in [-0.39, 0.29) is 5.88 Å². The molecule has 0 radical (unpaired) electrons. The number of aromatic nitrogens is 6. The quantitative estimate of drug-likeness (QED) is 0.436. The van der Waals surface area contributed by atoms with E-state index in [0.29, 0.717) is 34.8 Å². The van der Waals surface area contributed by atoms with E-state index in [4.69, 9.17) is 14.5 Å². The summed E-state index contributed by atoms with van der Waals surface area (Å²) in [6.07, 6.45) is 7.02. The molecule has 0 amide bonds. The van der Waals surface area contributed by atoms with Crippen LogP contribution in [0.15, 0.2) is 53.9 Å². The molecule has 5 aromatic rings. The van der Waals surface area contributed by atoms with E-state index in [0.717, 1.165) is 16.9 Å². The minimum atomic E-state index is 0.104. The molecular formula is C21H18N6O3S. The Kier molecular flexibility index (Phi) is 4.75. The van der Waals surface area contributed by atoms with Crippen molar-refractivity contribution in [1.29, 1.82) is 0 Å². The monoisotopic (exact) mass is 434 g/mol. The molecule has 0 unspecified atom stereocenters. The molecule has 31 heavy (non-hydrogen) atoms. The van der Waals surface area contributed by atoms with Crippen LogP contribution >= 0.6 is 11.3 Å². The van der Waals surface area contributed by atoms with E-state index >= 15 is 0 Å². The molecule has 0 aliphatic rings. The molecule has 0 saturated carbocycles. The van der Waals surface area contributed by atoms with Gasteiger partial charge in [-0.25, -0.2) is 15.0 Å². The van der Waals surface area contributed by atoms with Gasteiger partial charge in [0.2, 0.25) is 5.88 Å². The van der Waals surface area contributed by atoms with Gasteiger partial charge in [0.25, 0.3) is 5.88 Å². The van der Waals surface area contributed by atoms with Crippen LogP contribution in [0.1, 0.15) is 5.69 Å². The van der Waals surface area contributed by atoms with E-state index < -0.39 is 0 Å².